The average molecular weight is 450 g/mol. The maximum atomic E-state index is 13.0. The number of rotatable bonds is 6. The number of nitrogens with one attached hydrogen (secondary N) is 1. The van der Waals surface area contributed by atoms with Crippen LogP contribution in [0.2, 0.25) is 4.34 Å². The number of carbonyl (C=O) groups excluding carboxylic acids is 1. The van der Waals surface area contributed by atoms with Gasteiger partial charge < -0.3 is 10.1 Å². The smallest absolute Gasteiger partial charge is 0.291 e. The van der Waals surface area contributed by atoms with Crippen LogP contribution in [0.5, 0.6) is 0 Å². The fourth-order valence-electron chi connectivity index (χ4n) is 4.37. The molecule has 0 radical (unpaired) electrons. The molecule has 4 heterocycles. The van der Waals surface area contributed by atoms with E-state index in [9.17, 15) is 9.59 Å². The number of hydrogen-bond donors (Lipinski definition) is 1. The fourth-order valence-corrected chi connectivity index (χ4v) is 5.61. The van der Waals surface area contributed by atoms with Crippen LogP contribution < -0.4 is 10.9 Å². The van der Waals surface area contributed by atoms with E-state index in [1.807, 2.05) is 6.07 Å². The highest BCUT2D eigenvalue weighted by molar-refractivity contribution is 7.22. The van der Waals surface area contributed by atoms with Gasteiger partial charge in [-0.3, -0.25) is 18.9 Å². The molecule has 5 rings (SSSR count). The van der Waals surface area contributed by atoms with Crippen LogP contribution in [0.15, 0.2) is 16.9 Å². The van der Waals surface area contributed by atoms with Crippen molar-refractivity contribution in [1.29, 1.82) is 0 Å². The standard InChI is InChI=1S/C20H24ClN5O3S/c1-29-11-17-23-25(19(28)15-7-12-8-16(21)30-20(12)26(15)17)10-18(27)22-13-3-2-6-24(9-13)14-4-5-14/h7-8,13-14H,2-6,9-11H2,1H3,(H,22,27)/t13-/m1/s1. The highest BCUT2D eigenvalue weighted by Gasteiger charge is 2.33. The number of thiophene rings is 1. The Bertz CT molecular complexity index is 1160. The van der Waals surface area contributed by atoms with Crippen molar-refractivity contribution in [1.82, 2.24) is 24.4 Å². The zero-order chi connectivity index (χ0) is 20.8. The zero-order valence-electron chi connectivity index (χ0n) is 16.8. The number of amides is 1. The lowest BCUT2D eigenvalue weighted by molar-refractivity contribution is -0.123. The van der Waals surface area contributed by atoms with E-state index in [1.165, 1.54) is 28.9 Å². The van der Waals surface area contributed by atoms with E-state index < -0.39 is 0 Å². The van der Waals surface area contributed by atoms with Crippen molar-refractivity contribution in [3.05, 3.63) is 32.6 Å². The van der Waals surface area contributed by atoms with Gasteiger partial charge in [-0.05, 0) is 44.4 Å². The largest absolute Gasteiger partial charge is 0.377 e. The third-order valence-electron chi connectivity index (χ3n) is 5.84. The Balaban J connectivity index is 1.40. The molecule has 1 saturated heterocycles. The van der Waals surface area contributed by atoms with Crippen molar-refractivity contribution in [2.24, 2.45) is 0 Å². The molecule has 1 saturated carbocycles. The molecule has 1 aliphatic carbocycles. The number of methoxy groups -OCH3 is 1. The SMILES string of the molecule is COCc1nn(CC(=O)N[C@@H]2CCCN(C3CC3)C2)c(=O)c2cc3cc(Cl)sc3n12. The Morgan fingerprint density at radius 2 is 2.20 bits per heavy atom. The van der Waals surface area contributed by atoms with Gasteiger partial charge >= 0.3 is 0 Å². The molecule has 30 heavy (non-hydrogen) atoms. The molecule has 2 fully saturated rings. The molecule has 1 atom stereocenters. The Hall–Kier alpha value is -1.94. The van der Waals surface area contributed by atoms with Crippen LogP contribution in [0.1, 0.15) is 31.5 Å². The maximum absolute atomic E-state index is 13.0. The topological polar surface area (TPSA) is 80.9 Å². The number of piperidine rings is 1. The highest BCUT2D eigenvalue weighted by atomic mass is 35.5. The van der Waals surface area contributed by atoms with Crippen LogP contribution in [0, 0.1) is 0 Å². The number of aromatic nitrogens is 3. The van der Waals surface area contributed by atoms with E-state index >= 15 is 0 Å². The predicted octanol–water partition coefficient (Wildman–Crippen LogP) is 2.25. The molecule has 0 spiro atoms. The lowest BCUT2D eigenvalue weighted by Crippen LogP contribution is -2.49. The first-order valence-corrected chi connectivity index (χ1v) is 11.5. The van der Waals surface area contributed by atoms with Crippen LogP contribution in [0.25, 0.3) is 15.7 Å². The van der Waals surface area contributed by atoms with Gasteiger partial charge in [0, 0.05) is 31.1 Å². The van der Waals surface area contributed by atoms with Crippen molar-refractivity contribution in [2.75, 3.05) is 20.2 Å². The summed E-state index contributed by atoms with van der Waals surface area (Å²) in [5.41, 5.74) is 0.174. The van der Waals surface area contributed by atoms with Crippen LogP contribution in [0.4, 0.5) is 0 Å². The molecule has 160 valence electrons. The lowest BCUT2D eigenvalue weighted by Gasteiger charge is -2.33. The molecule has 3 aromatic heterocycles. The normalized spacial score (nSPS) is 20.3. The van der Waals surface area contributed by atoms with E-state index in [-0.39, 0.29) is 30.7 Å². The van der Waals surface area contributed by atoms with Crippen molar-refractivity contribution in [3.8, 4) is 0 Å². The van der Waals surface area contributed by atoms with Gasteiger partial charge in [-0.25, -0.2) is 4.68 Å². The second kappa shape index (κ2) is 7.96. The quantitative estimate of drug-likeness (QED) is 0.624. The predicted molar refractivity (Wildman–Crippen MR) is 116 cm³/mol. The summed E-state index contributed by atoms with van der Waals surface area (Å²) in [7, 11) is 1.58. The molecule has 0 aromatic carbocycles. The Kier molecular flexibility index (Phi) is 5.30. The minimum absolute atomic E-state index is 0.106. The summed E-state index contributed by atoms with van der Waals surface area (Å²) < 4.78 is 8.96. The second-order valence-corrected chi connectivity index (χ2v) is 9.78. The molecule has 1 aliphatic heterocycles. The molecule has 3 aromatic rings. The summed E-state index contributed by atoms with van der Waals surface area (Å²) in [5, 5.41) is 8.42. The van der Waals surface area contributed by atoms with Gasteiger partial charge in [0.1, 0.15) is 23.5 Å². The first-order valence-electron chi connectivity index (χ1n) is 10.3. The van der Waals surface area contributed by atoms with Gasteiger partial charge in [-0.15, -0.1) is 11.3 Å². The summed E-state index contributed by atoms with van der Waals surface area (Å²) in [4.78, 5) is 29.1. The number of halogens is 1. The van der Waals surface area contributed by atoms with E-state index in [0.29, 0.717) is 21.7 Å². The molecule has 1 amide bonds. The molecule has 0 unspecified atom stereocenters. The molecule has 1 N–H and O–H groups in total. The first kappa shape index (κ1) is 20.0. The summed E-state index contributed by atoms with van der Waals surface area (Å²) in [5.74, 6) is 0.377. The fraction of sp³-hybridized carbons (Fsp3) is 0.550. The van der Waals surface area contributed by atoms with E-state index in [1.54, 1.807) is 17.6 Å². The number of carbonyl (C=O) groups is 1. The minimum atomic E-state index is -0.298. The van der Waals surface area contributed by atoms with Gasteiger partial charge in [-0.2, -0.15) is 5.10 Å². The summed E-state index contributed by atoms with van der Waals surface area (Å²) in [6, 6.07) is 4.45. The van der Waals surface area contributed by atoms with Crippen LogP contribution in [-0.2, 0) is 22.7 Å². The van der Waals surface area contributed by atoms with Crippen LogP contribution >= 0.6 is 22.9 Å². The zero-order valence-corrected chi connectivity index (χ0v) is 18.3. The average Bonchev–Trinajstić information content (AvgIpc) is 3.41. The van der Waals surface area contributed by atoms with Gasteiger partial charge in [0.05, 0.1) is 4.34 Å². The summed E-state index contributed by atoms with van der Waals surface area (Å²) in [6.45, 7) is 2.12. The molecule has 8 nitrogen and oxygen atoms in total. The van der Waals surface area contributed by atoms with Crippen LogP contribution in [0.3, 0.4) is 0 Å². The molecule has 0 bridgehead atoms. The molecule has 10 heteroatoms. The van der Waals surface area contributed by atoms with E-state index in [2.05, 4.69) is 15.3 Å². The third kappa shape index (κ3) is 3.75. The molecular formula is C20H24ClN5O3S. The highest BCUT2D eigenvalue weighted by Crippen LogP contribution is 2.32. The maximum Gasteiger partial charge on any atom is 0.291 e. The van der Waals surface area contributed by atoms with Gasteiger partial charge in [-0.1, -0.05) is 11.6 Å². The van der Waals surface area contributed by atoms with Gasteiger partial charge in [0.15, 0.2) is 5.82 Å². The number of hydrogen-bond acceptors (Lipinski definition) is 6. The minimum Gasteiger partial charge on any atom is -0.377 e. The molecule has 2 aliphatic rings. The Labute approximate surface area is 182 Å². The van der Waals surface area contributed by atoms with Crippen molar-refractivity contribution in [3.63, 3.8) is 0 Å². The van der Waals surface area contributed by atoms with Crippen molar-refractivity contribution in [2.45, 2.75) is 50.9 Å². The lowest BCUT2D eigenvalue weighted by atomic mass is 10.1. The first-order chi connectivity index (χ1) is 14.5. The monoisotopic (exact) mass is 449 g/mol. The van der Waals surface area contributed by atoms with E-state index in [0.717, 1.165) is 36.1 Å². The third-order valence-corrected chi connectivity index (χ3v) is 7.11. The number of likely N-dealkylation sites (tertiary alicyclic amines) is 1. The van der Waals surface area contributed by atoms with Crippen molar-refractivity contribution < 1.29 is 9.53 Å². The second-order valence-electron chi connectivity index (χ2n) is 8.12. The number of nitrogens with zero attached hydrogens (tertiary/aromatic N) is 4. The Morgan fingerprint density at radius 3 is 2.97 bits per heavy atom. The molecular weight excluding hydrogens is 426 g/mol. The van der Waals surface area contributed by atoms with Gasteiger partial charge in [0.25, 0.3) is 5.56 Å². The Morgan fingerprint density at radius 1 is 1.37 bits per heavy atom. The van der Waals surface area contributed by atoms with Crippen LogP contribution in [-0.4, -0.2) is 57.3 Å². The number of fused-ring (bicyclic) bond motifs is 3. The summed E-state index contributed by atoms with van der Waals surface area (Å²) in [6.07, 6.45) is 4.60. The number of ether oxygens (including phenoxy) is 1. The van der Waals surface area contributed by atoms with E-state index in [4.69, 9.17) is 16.3 Å². The summed E-state index contributed by atoms with van der Waals surface area (Å²) >= 11 is 7.52. The van der Waals surface area contributed by atoms with Gasteiger partial charge in [0.2, 0.25) is 5.91 Å². The van der Waals surface area contributed by atoms with Crippen molar-refractivity contribution >= 4 is 44.6 Å².